The molecule has 0 N–H and O–H groups in total. The molecule has 196 valence electrons. The van der Waals surface area contributed by atoms with Gasteiger partial charge < -0.3 is 4.42 Å². The Balaban J connectivity index is 1.13. The van der Waals surface area contributed by atoms with Crippen LogP contribution in [0.2, 0.25) is 0 Å². The average Bonchev–Trinajstić information content (AvgIpc) is 3.41. The fourth-order valence-corrected chi connectivity index (χ4v) is 7.58. The minimum atomic E-state index is 0.967. The van der Waals surface area contributed by atoms with Crippen LogP contribution in [-0.2, 0) is 12.8 Å². The summed E-state index contributed by atoms with van der Waals surface area (Å²) in [5, 5.41) is 7.68. The standard InChI is InChI=1S/C40H30O/c1-2-9-28-24-39-38(23-27(28)8-1)36-15-7-14-30(40(36)41-39)26-18-16-25(17-19-26)29-20-21-35-33-12-4-3-10-31(33)32-11-5-6-13-34(32)37(35)22-29/h1-3,5-11,13-16,18,22-24H,4,12,17,19-21H2. The van der Waals surface area contributed by atoms with E-state index in [1.807, 2.05) is 0 Å². The minimum Gasteiger partial charge on any atom is -0.455 e. The quantitative estimate of drug-likeness (QED) is 0.219. The summed E-state index contributed by atoms with van der Waals surface area (Å²) in [6, 6.07) is 28.6. The molecular weight excluding hydrogens is 496 g/mol. The van der Waals surface area contributed by atoms with E-state index in [0.29, 0.717) is 0 Å². The molecule has 0 saturated carbocycles. The SMILES string of the molecule is C1=Cc2c(c3c(c4ccccc24)C=C(C2=CC=C(c4cccc5c4oc4cc6ccccc6cc45)CC2)CC3)CC1. The molecular formula is C40H30O. The van der Waals surface area contributed by atoms with Gasteiger partial charge in [-0.15, -0.1) is 0 Å². The highest BCUT2D eigenvalue weighted by Gasteiger charge is 2.24. The smallest absolute Gasteiger partial charge is 0.142 e. The second-order valence-electron chi connectivity index (χ2n) is 11.8. The van der Waals surface area contributed by atoms with Gasteiger partial charge in [0.2, 0.25) is 0 Å². The van der Waals surface area contributed by atoms with Crippen molar-refractivity contribution in [3.63, 3.8) is 0 Å². The maximum Gasteiger partial charge on any atom is 0.142 e. The lowest BCUT2D eigenvalue weighted by Gasteiger charge is -2.27. The van der Waals surface area contributed by atoms with Gasteiger partial charge in [-0.1, -0.05) is 97.1 Å². The van der Waals surface area contributed by atoms with Gasteiger partial charge in [-0.05, 0) is 111 Å². The zero-order chi connectivity index (χ0) is 26.9. The number of fused-ring (bicyclic) bond motifs is 10. The third kappa shape index (κ3) is 3.55. The number of furan rings is 1. The van der Waals surface area contributed by atoms with Crippen molar-refractivity contribution in [2.24, 2.45) is 0 Å². The Hall–Kier alpha value is -4.62. The first-order valence-corrected chi connectivity index (χ1v) is 15.0. The van der Waals surface area contributed by atoms with Crippen molar-refractivity contribution in [3.8, 4) is 0 Å². The zero-order valence-corrected chi connectivity index (χ0v) is 23.0. The molecule has 0 bridgehead atoms. The zero-order valence-electron chi connectivity index (χ0n) is 23.0. The van der Waals surface area contributed by atoms with Crippen LogP contribution in [0.4, 0.5) is 0 Å². The largest absolute Gasteiger partial charge is 0.455 e. The molecule has 0 spiro atoms. The van der Waals surface area contributed by atoms with Crippen LogP contribution in [0.3, 0.4) is 0 Å². The third-order valence-electron chi connectivity index (χ3n) is 9.60. The summed E-state index contributed by atoms with van der Waals surface area (Å²) >= 11 is 0. The summed E-state index contributed by atoms with van der Waals surface area (Å²) in [4.78, 5) is 0. The summed E-state index contributed by atoms with van der Waals surface area (Å²) < 4.78 is 6.54. The summed E-state index contributed by atoms with van der Waals surface area (Å²) in [6.45, 7) is 0. The van der Waals surface area contributed by atoms with Crippen LogP contribution >= 0.6 is 0 Å². The van der Waals surface area contributed by atoms with Gasteiger partial charge in [0.1, 0.15) is 11.2 Å². The summed E-state index contributed by atoms with van der Waals surface area (Å²) in [6.07, 6.45) is 18.7. The second-order valence-corrected chi connectivity index (χ2v) is 11.8. The van der Waals surface area contributed by atoms with Crippen LogP contribution in [-0.4, -0.2) is 0 Å². The first-order valence-electron chi connectivity index (χ1n) is 15.0. The molecule has 0 atom stereocenters. The number of allylic oxidation sites excluding steroid dienone is 6. The van der Waals surface area contributed by atoms with Crippen LogP contribution in [0.25, 0.3) is 61.2 Å². The fourth-order valence-electron chi connectivity index (χ4n) is 7.58. The molecule has 0 fully saturated rings. The second kappa shape index (κ2) is 8.94. The van der Waals surface area contributed by atoms with Gasteiger partial charge in [0.15, 0.2) is 0 Å². The molecule has 0 saturated heterocycles. The van der Waals surface area contributed by atoms with Gasteiger partial charge in [0, 0.05) is 16.3 Å². The molecule has 1 heteroatoms. The first kappa shape index (κ1) is 23.1. The lowest BCUT2D eigenvalue weighted by molar-refractivity contribution is 0.667. The average molecular weight is 527 g/mol. The highest BCUT2D eigenvalue weighted by molar-refractivity contribution is 6.12. The lowest BCUT2D eigenvalue weighted by Crippen LogP contribution is -2.10. The maximum absolute atomic E-state index is 6.54. The van der Waals surface area contributed by atoms with Crippen LogP contribution in [0.1, 0.15) is 53.5 Å². The molecule has 41 heavy (non-hydrogen) atoms. The molecule has 0 unspecified atom stereocenters. The Morgan fingerprint density at radius 3 is 2.10 bits per heavy atom. The molecule has 3 aliphatic rings. The van der Waals surface area contributed by atoms with Gasteiger partial charge in [0.05, 0.1) is 0 Å². The van der Waals surface area contributed by atoms with Crippen molar-refractivity contribution in [2.45, 2.75) is 38.5 Å². The van der Waals surface area contributed by atoms with Gasteiger partial charge in [-0.25, -0.2) is 0 Å². The van der Waals surface area contributed by atoms with Crippen LogP contribution in [0.5, 0.6) is 0 Å². The summed E-state index contributed by atoms with van der Waals surface area (Å²) in [5.74, 6) is 0. The molecule has 9 rings (SSSR count). The number of hydrogen-bond acceptors (Lipinski definition) is 1. The van der Waals surface area contributed by atoms with E-state index >= 15 is 0 Å². The van der Waals surface area contributed by atoms with E-state index in [0.717, 1.165) is 43.3 Å². The number of para-hydroxylation sites is 1. The Morgan fingerprint density at radius 1 is 0.537 bits per heavy atom. The Bertz CT molecular complexity index is 2190. The number of rotatable bonds is 2. The number of hydrogen-bond donors (Lipinski definition) is 0. The first-order chi connectivity index (χ1) is 20.3. The molecule has 1 aromatic heterocycles. The van der Waals surface area contributed by atoms with Gasteiger partial charge in [0.25, 0.3) is 0 Å². The Labute approximate surface area is 239 Å². The van der Waals surface area contributed by atoms with Crippen molar-refractivity contribution in [3.05, 3.63) is 136 Å². The van der Waals surface area contributed by atoms with Crippen molar-refractivity contribution in [1.82, 2.24) is 0 Å². The van der Waals surface area contributed by atoms with Crippen LogP contribution in [0, 0.1) is 0 Å². The molecule has 5 aromatic carbocycles. The Kier molecular flexibility index (Phi) is 5.04. The van der Waals surface area contributed by atoms with E-state index in [1.54, 1.807) is 11.1 Å². The predicted molar refractivity (Wildman–Crippen MR) is 174 cm³/mol. The minimum absolute atomic E-state index is 0.967. The molecule has 1 nitrogen and oxygen atoms in total. The topological polar surface area (TPSA) is 13.1 Å². The van der Waals surface area contributed by atoms with Crippen LogP contribution < -0.4 is 0 Å². The van der Waals surface area contributed by atoms with Gasteiger partial charge in [-0.2, -0.15) is 0 Å². The highest BCUT2D eigenvalue weighted by atomic mass is 16.3. The normalized spacial score (nSPS) is 16.5. The van der Waals surface area contributed by atoms with E-state index in [-0.39, 0.29) is 0 Å². The lowest BCUT2D eigenvalue weighted by atomic mass is 9.77. The van der Waals surface area contributed by atoms with E-state index in [1.165, 1.54) is 72.1 Å². The van der Waals surface area contributed by atoms with E-state index in [4.69, 9.17) is 4.42 Å². The third-order valence-corrected chi connectivity index (χ3v) is 9.60. The van der Waals surface area contributed by atoms with Crippen LogP contribution in [0.15, 0.2) is 113 Å². The van der Waals surface area contributed by atoms with Crippen molar-refractivity contribution >= 4 is 61.2 Å². The van der Waals surface area contributed by atoms with Gasteiger partial charge in [-0.3, -0.25) is 0 Å². The fraction of sp³-hybridized carbons (Fsp3) is 0.150. The molecule has 0 aliphatic heterocycles. The van der Waals surface area contributed by atoms with Crippen molar-refractivity contribution in [1.29, 1.82) is 0 Å². The monoisotopic (exact) mass is 526 g/mol. The van der Waals surface area contributed by atoms with Gasteiger partial charge >= 0.3 is 0 Å². The molecule has 0 radical (unpaired) electrons. The van der Waals surface area contributed by atoms with E-state index in [9.17, 15) is 0 Å². The van der Waals surface area contributed by atoms with Crippen molar-refractivity contribution < 1.29 is 4.42 Å². The summed E-state index contributed by atoms with van der Waals surface area (Å²) in [7, 11) is 0. The van der Waals surface area contributed by atoms with E-state index in [2.05, 4.69) is 109 Å². The van der Waals surface area contributed by atoms with Crippen molar-refractivity contribution in [2.75, 3.05) is 0 Å². The predicted octanol–water partition coefficient (Wildman–Crippen LogP) is 11.0. The molecule has 0 amide bonds. The number of benzene rings is 5. The molecule has 3 aliphatic carbocycles. The molecule has 1 heterocycles. The maximum atomic E-state index is 6.54. The summed E-state index contributed by atoms with van der Waals surface area (Å²) in [5.41, 5.74) is 13.7. The molecule has 6 aromatic rings. The van der Waals surface area contributed by atoms with E-state index < -0.39 is 0 Å². The Morgan fingerprint density at radius 2 is 1.24 bits per heavy atom. The highest BCUT2D eigenvalue weighted by Crippen LogP contribution is 2.43.